The fourth-order valence-electron chi connectivity index (χ4n) is 4.07. The molecule has 1 aliphatic rings. The van der Waals surface area contributed by atoms with Crippen molar-refractivity contribution in [2.24, 2.45) is 5.92 Å². The lowest BCUT2D eigenvalue weighted by molar-refractivity contribution is 0.0981. The highest BCUT2D eigenvalue weighted by Crippen LogP contribution is 2.39. The predicted octanol–water partition coefficient (Wildman–Crippen LogP) is 3.47. The summed E-state index contributed by atoms with van der Waals surface area (Å²) in [4.78, 5) is 23.7. The quantitative estimate of drug-likeness (QED) is 0.592. The Morgan fingerprint density at radius 2 is 1.85 bits per heavy atom. The lowest BCUT2D eigenvalue weighted by atomic mass is 9.90. The number of amides is 1. The van der Waals surface area contributed by atoms with Crippen LogP contribution in [0, 0.1) is 5.92 Å². The van der Waals surface area contributed by atoms with Gasteiger partial charge in [-0.1, -0.05) is 37.3 Å². The summed E-state index contributed by atoms with van der Waals surface area (Å²) in [7, 11) is -4.21. The van der Waals surface area contributed by atoms with Crippen LogP contribution in [0.4, 0.5) is 11.6 Å². The lowest BCUT2D eigenvalue weighted by Gasteiger charge is -2.36. The fraction of sp³-hybridized carbons (Fsp3) is 0.292. The number of carbonyl (C=O) groups excluding carboxylic acids is 1. The van der Waals surface area contributed by atoms with Gasteiger partial charge in [0, 0.05) is 23.8 Å². The van der Waals surface area contributed by atoms with E-state index in [2.05, 4.69) is 35.4 Å². The molecule has 1 atom stereocenters. The summed E-state index contributed by atoms with van der Waals surface area (Å²) < 4.78 is 27.8. The van der Waals surface area contributed by atoms with E-state index in [4.69, 9.17) is 10.7 Å². The van der Waals surface area contributed by atoms with Gasteiger partial charge < -0.3 is 10.6 Å². The van der Waals surface area contributed by atoms with E-state index in [0.29, 0.717) is 24.0 Å². The summed E-state index contributed by atoms with van der Waals surface area (Å²) in [6, 6.07) is 15.8. The smallest absolute Gasteiger partial charge is 0.268 e. The molecule has 3 N–H and O–H groups in total. The van der Waals surface area contributed by atoms with Crippen LogP contribution in [-0.2, 0) is 10.0 Å². The molecule has 0 spiro atoms. The molecule has 4 rings (SSSR count). The van der Waals surface area contributed by atoms with Gasteiger partial charge in [0.1, 0.15) is 16.5 Å². The number of nitrogens with zero attached hydrogens (tertiary/aromatic N) is 3. The van der Waals surface area contributed by atoms with Crippen molar-refractivity contribution in [3.05, 3.63) is 66.4 Å². The number of pyridine rings is 2. The Bertz CT molecular complexity index is 1290. The van der Waals surface area contributed by atoms with Crippen molar-refractivity contribution in [2.45, 2.75) is 37.6 Å². The summed E-state index contributed by atoms with van der Waals surface area (Å²) in [5, 5.41) is 0. The number of aromatic nitrogens is 2. The molecule has 0 bridgehead atoms. The number of nitrogens with one attached hydrogen (secondary N) is 1. The van der Waals surface area contributed by atoms with Crippen LogP contribution < -0.4 is 15.4 Å². The van der Waals surface area contributed by atoms with Crippen molar-refractivity contribution < 1.29 is 13.2 Å². The SMILES string of the molecule is CC1CCN(c2nc(-c3ccccc3)ccc2C(=O)NS(=O)(=O)c2cccnc2N)C1(C)C. The number of benzene rings is 1. The molecule has 33 heavy (non-hydrogen) atoms. The van der Waals surface area contributed by atoms with E-state index < -0.39 is 15.9 Å². The first-order valence-electron chi connectivity index (χ1n) is 10.7. The van der Waals surface area contributed by atoms with E-state index in [0.717, 1.165) is 12.0 Å². The molecule has 1 unspecified atom stereocenters. The van der Waals surface area contributed by atoms with Crippen LogP contribution in [0.15, 0.2) is 65.7 Å². The fourth-order valence-corrected chi connectivity index (χ4v) is 5.12. The van der Waals surface area contributed by atoms with E-state index in [-0.39, 0.29) is 21.8 Å². The van der Waals surface area contributed by atoms with Crippen LogP contribution >= 0.6 is 0 Å². The van der Waals surface area contributed by atoms with Crippen molar-refractivity contribution in [1.29, 1.82) is 0 Å². The zero-order valence-corrected chi connectivity index (χ0v) is 19.6. The number of anilines is 2. The van der Waals surface area contributed by atoms with Crippen molar-refractivity contribution in [3.63, 3.8) is 0 Å². The monoisotopic (exact) mass is 465 g/mol. The topological polar surface area (TPSA) is 118 Å². The van der Waals surface area contributed by atoms with E-state index in [9.17, 15) is 13.2 Å². The van der Waals surface area contributed by atoms with Crippen molar-refractivity contribution in [3.8, 4) is 11.3 Å². The number of sulfonamides is 1. The van der Waals surface area contributed by atoms with Crippen LogP contribution in [0.25, 0.3) is 11.3 Å². The Hall–Kier alpha value is -3.46. The molecule has 3 heterocycles. The zero-order chi connectivity index (χ0) is 23.8. The Balaban J connectivity index is 1.77. The van der Waals surface area contributed by atoms with E-state index in [1.54, 1.807) is 12.1 Å². The normalized spacial score (nSPS) is 17.7. The number of nitrogens with two attached hydrogens (primary N) is 1. The Morgan fingerprint density at radius 1 is 1.12 bits per heavy atom. The highest BCUT2D eigenvalue weighted by atomic mass is 32.2. The Morgan fingerprint density at radius 3 is 2.48 bits per heavy atom. The zero-order valence-electron chi connectivity index (χ0n) is 18.8. The Labute approximate surface area is 193 Å². The van der Waals surface area contributed by atoms with E-state index in [1.807, 2.05) is 30.3 Å². The highest BCUT2D eigenvalue weighted by Gasteiger charge is 2.41. The molecule has 1 fully saturated rings. The first kappa shape index (κ1) is 22.7. The van der Waals surface area contributed by atoms with Gasteiger partial charge in [-0.15, -0.1) is 0 Å². The second-order valence-corrected chi connectivity index (χ2v) is 10.4. The van der Waals surface area contributed by atoms with Gasteiger partial charge in [-0.05, 0) is 50.5 Å². The van der Waals surface area contributed by atoms with Gasteiger partial charge in [0.15, 0.2) is 0 Å². The molecule has 9 heteroatoms. The average molecular weight is 466 g/mol. The van der Waals surface area contributed by atoms with Gasteiger partial charge in [0.05, 0.1) is 11.3 Å². The van der Waals surface area contributed by atoms with Crippen molar-refractivity contribution in [2.75, 3.05) is 17.2 Å². The van der Waals surface area contributed by atoms with Crippen LogP contribution in [-0.4, -0.2) is 36.4 Å². The summed E-state index contributed by atoms with van der Waals surface area (Å²) in [5.74, 6) is -0.118. The van der Waals surface area contributed by atoms with Crippen LogP contribution in [0.2, 0.25) is 0 Å². The van der Waals surface area contributed by atoms with Crippen LogP contribution in [0.5, 0.6) is 0 Å². The van der Waals surface area contributed by atoms with Gasteiger partial charge in [-0.25, -0.2) is 23.1 Å². The van der Waals surface area contributed by atoms with Gasteiger partial charge in [-0.3, -0.25) is 4.79 Å². The van der Waals surface area contributed by atoms with Gasteiger partial charge in [-0.2, -0.15) is 0 Å². The summed E-state index contributed by atoms with van der Waals surface area (Å²) in [6.07, 6.45) is 2.33. The van der Waals surface area contributed by atoms with E-state index in [1.165, 1.54) is 18.3 Å². The third-order valence-corrected chi connectivity index (χ3v) is 7.83. The molecule has 0 aliphatic carbocycles. The minimum Gasteiger partial charge on any atom is -0.383 e. The van der Waals surface area contributed by atoms with Crippen molar-refractivity contribution >= 4 is 27.6 Å². The predicted molar refractivity (Wildman–Crippen MR) is 128 cm³/mol. The molecule has 0 saturated carbocycles. The Kier molecular flexibility index (Phi) is 5.84. The molecule has 3 aromatic rings. The summed E-state index contributed by atoms with van der Waals surface area (Å²) >= 11 is 0. The molecule has 172 valence electrons. The molecular weight excluding hydrogens is 438 g/mol. The maximum Gasteiger partial charge on any atom is 0.268 e. The highest BCUT2D eigenvalue weighted by molar-refractivity contribution is 7.90. The van der Waals surface area contributed by atoms with Gasteiger partial charge in [0.25, 0.3) is 15.9 Å². The number of hydrogen-bond acceptors (Lipinski definition) is 7. The first-order valence-corrected chi connectivity index (χ1v) is 12.2. The van der Waals surface area contributed by atoms with Crippen LogP contribution in [0.3, 0.4) is 0 Å². The molecule has 1 saturated heterocycles. The minimum absolute atomic E-state index is 0.176. The maximum atomic E-state index is 13.2. The standard InChI is InChI=1S/C24H27N5O3S/c1-16-13-15-29(24(16,2)3)22-18(11-12-19(27-22)17-8-5-4-6-9-17)23(30)28-33(31,32)20-10-7-14-26-21(20)25/h4-12,14,16H,13,15H2,1-3H3,(H2,25,26)(H,28,30). The third-order valence-electron chi connectivity index (χ3n) is 6.45. The molecule has 8 nitrogen and oxygen atoms in total. The lowest BCUT2D eigenvalue weighted by Crippen LogP contribution is -2.43. The van der Waals surface area contributed by atoms with Gasteiger partial charge in [0.2, 0.25) is 0 Å². The second-order valence-electron chi connectivity index (χ2n) is 8.75. The average Bonchev–Trinajstić information content (AvgIpc) is 3.06. The second kappa shape index (κ2) is 8.47. The number of rotatable bonds is 5. The third kappa shape index (κ3) is 4.28. The molecular formula is C24H27N5O3S. The minimum atomic E-state index is -4.21. The summed E-state index contributed by atoms with van der Waals surface area (Å²) in [5.41, 5.74) is 7.26. The molecule has 0 radical (unpaired) electrons. The number of carbonyl (C=O) groups is 1. The van der Waals surface area contributed by atoms with E-state index >= 15 is 0 Å². The summed E-state index contributed by atoms with van der Waals surface area (Å²) in [6.45, 7) is 7.09. The van der Waals surface area contributed by atoms with Crippen molar-refractivity contribution in [1.82, 2.24) is 14.7 Å². The maximum absolute atomic E-state index is 13.2. The van der Waals surface area contributed by atoms with Crippen LogP contribution in [0.1, 0.15) is 37.6 Å². The number of nitrogen functional groups attached to an aromatic ring is 1. The molecule has 1 aromatic carbocycles. The van der Waals surface area contributed by atoms with Gasteiger partial charge >= 0.3 is 0 Å². The molecule has 1 amide bonds. The molecule has 2 aromatic heterocycles. The largest absolute Gasteiger partial charge is 0.383 e. The molecule has 1 aliphatic heterocycles. The first-order chi connectivity index (χ1) is 15.6. The number of hydrogen-bond donors (Lipinski definition) is 2.